The molecule has 0 saturated heterocycles. The fraction of sp³-hybridized carbons (Fsp3) is 0. The first-order chi connectivity index (χ1) is 10.3. The predicted molar refractivity (Wildman–Crippen MR) is 58.8 cm³/mol. The van der Waals surface area contributed by atoms with Gasteiger partial charge in [-0.25, -0.2) is 35.1 Å². The standard InChI is InChI=1S/C14F8/c15-4-2-6(17)11(19)9-7-3(10(18)14(22)8(4)9)1-5(16)12(20)13(7)21. The van der Waals surface area contributed by atoms with E-state index in [1.807, 2.05) is 0 Å². The third-order valence-electron chi connectivity index (χ3n) is 3.07. The van der Waals surface area contributed by atoms with Crippen LogP contribution in [0.4, 0.5) is 35.1 Å². The van der Waals surface area contributed by atoms with Crippen molar-refractivity contribution in [3.05, 3.63) is 58.7 Å². The molecule has 0 bridgehead atoms. The lowest BCUT2D eigenvalue weighted by molar-refractivity contribution is 0.450. The highest BCUT2D eigenvalue weighted by Crippen LogP contribution is 2.37. The molecule has 0 aliphatic carbocycles. The van der Waals surface area contributed by atoms with Gasteiger partial charge >= 0.3 is 0 Å². The van der Waals surface area contributed by atoms with Crippen molar-refractivity contribution in [3.8, 4) is 0 Å². The van der Waals surface area contributed by atoms with Crippen molar-refractivity contribution in [3.63, 3.8) is 0 Å². The number of hydrogen-bond donors (Lipinski definition) is 0. The van der Waals surface area contributed by atoms with Gasteiger partial charge in [-0.1, -0.05) is 0 Å². The normalized spacial score (nSPS) is 11.6. The molecule has 0 aliphatic rings. The van der Waals surface area contributed by atoms with Crippen molar-refractivity contribution in [1.29, 1.82) is 0 Å². The summed E-state index contributed by atoms with van der Waals surface area (Å²) in [6, 6.07) is 2.49. The fourth-order valence-corrected chi connectivity index (χ4v) is 2.15. The van der Waals surface area contributed by atoms with E-state index in [0.717, 1.165) is 6.07 Å². The van der Waals surface area contributed by atoms with Crippen LogP contribution in [0, 0.1) is 58.7 Å². The van der Waals surface area contributed by atoms with E-state index in [1.54, 1.807) is 0 Å². The summed E-state index contributed by atoms with van der Waals surface area (Å²) in [5.41, 5.74) is 0. The summed E-state index contributed by atoms with van der Waals surface area (Å²) in [4.78, 5) is 0. The maximum atomic E-state index is 13.8. The van der Waals surface area contributed by atoms with Gasteiger partial charge in [-0.15, -0.1) is 0 Å². The van der Waals surface area contributed by atoms with Crippen LogP contribution in [-0.2, 0) is 0 Å². The van der Waals surface area contributed by atoms with Crippen molar-refractivity contribution < 1.29 is 35.1 Å². The van der Waals surface area contributed by atoms with Crippen LogP contribution in [0.2, 0.25) is 0 Å². The molecule has 0 fully saturated rings. The zero-order chi connectivity index (χ0) is 16.3. The minimum absolute atomic E-state index is 1.14. The number of hydrogen-bond acceptors (Lipinski definition) is 0. The zero-order valence-electron chi connectivity index (χ0n) is 10.0. The van der Waals surface area contributed by atoms with Crippen molar-refractivity contribution >= 4 is 21.5 Å². The second-order valence-electron chi connectivity index (χ2n) is 4.26. The van der Waals surface area contributed by atoms with Crippen LogP contribution in [-0.4, -0.2) is 0 Å². The lowest BCUT2D eigenvalue weighted by Gasteiger charge is -2.11. The lowest BCUT2D eigenvalue weighted by Crippen LogP contribution is -2.03. The van der Waals surface area contributed by atoms with Crippen molar-refractivity contribution in [2.75, 3.05) is 0 Å². The Hall–Kier alpha value is -2.38. The molecule has 3 aromatic carbocycles. The van der Waals surface area contributed by atoms with Crippen LogP contribution in [0.5, 0.6) is 0 Å². The van der Waals surface area contributed by atoms with E-state index >= 15 is 0 Å². The SMILES string of the molecule is Fc1[c]c2c(F)c(F)c3c(F)[c]c(F)c(F)c3c2c(F)c1F. The molecule has 0 aliphatic heterocycles. The molecule has 0 heterocycles. The number of fused-ring (bicyclic) bond motifs is 3. The summed E-state index contributed by atoms with van der Waals surface area (Å²) >= 11 is 0. The topological polar surface area (TPSA) is 0 Å². The Bertz CT molecular complexity index is 961. The molecule has 0 N–H and O–H groups in total. The van der Waals surface area contributed by atoms with Crippen LogP contribution < -0.4 is 0 Å². The molecule has 112 valence electrons. The third-order valence-corrected chi connectivity index (χ3v) is 3.07. The molecule has 2 radical (unpaired) electrons. The number of benzene rings is 3. The molecular weight excluding hydrogens is 320 g/mol. The highest BCUT2D eigenvalue weighted by molar-refractivity contribution is 6.08. The van der Waals surface area contributed by atoms with E-state index < -0.39 is 68.1 Å². The molecule has 22 heavy (non-hydrogen) atoms. The second kappa shape index (κ2) is 4.56. The first-order valence-corrected chi connectivity index (χ1v) is 5.51. The van der Waals surface area contributed by atoms with E-state index in [-0.39, 0.29) is 0 Å². The summed E-state index contributed by atoms with van der Waals surface area (Å²) in [5.74, 6) is -16.1. The van der Waals surface area contributed by atoms with Crippen LogP contribution >= 0.6 is 0 Å². The highest BCUT2D eigenvalue weighted by Gasteiger charge is 2.27. The second-order valence-corrected chi connectivity index (χ2v) is 4.26. The van der Waals surface area contributed by atoms with Crippen molar-refractivity contribution in [1.82, 2.24) is 0 Å². The van der Waals surface area contributed by atoms with Gasteiger partial charge in [0.15, 0.2) is 40.7 Å². The van der Waals surface area contributed by atoms with Crippen molar-refractivity contribution in [2.24, 2.45) is 0 Å². The first-order valence-electron chi connectivity index (χ1n) is 5.51. The van der Waals surface area contributed by atoms with E-state index in [4.69, 9.17) is 0 Å². The monoisotopic (exact) mass is 320 g/mol. The average molecular weight is 320 g/mol. The molecular formula is C14F8. The Morgan fingerprint density at radius 2 is 0.955 bits per heavy atom. The predicted octanol–water partition coefficient (Wildman–Crippen LogP) is 4.71. The Kier molecular flexibility index (Phi) is 3.01. The summed E-state index contributed by atoms with van der Waals surface area (Å²) in [6.07, 6.45) is 0. The van der Waals surface area contributed by atoms with E-state index in [1.165, 1.54) is 6.07 Å². The molecule has 0 spiro atoms. The molecule has 0 nitrogen and oxygen atoms in total. The van der Waals surface area contributed by atoms with Gasteiger partial charge in [-0.2, -0.15) is 0 Å². The summed E-state index contributed by atoms with van der Waals surface area (Å²) in [6.45, 7) is 0. The quantitative estimate of drug-likeness (QED) is 0.244. The van der Waals surface area contributed by atoms with Crippen LogP contribution in [0.3, 0.4) is 0 Å². The molecule has 0 saturated carbocycles. The Morgan fingerprint density at radius 1 is 0.409 bits per heavy atom. The van der Waals surface area contributed by atoms with Crippen LogP contribution in [0.25, 0.3) is 21.5 Å². The van der Waals surface area contributed by atoms with E-state index in [9.17, 15) is 35.1 Å². The minimum atomic E-state index is -2.17. The highest BCUT2D eigenvalue weighted by atomic mass is 19.2. The third kappa shape index (κ3) is 1.69. The Balaban J connectivity index is 2.80. The smallest absolute Gasteiger partial charge is 0.195 e. The van der Waals surface area contributed by atoms with Gasteiger partial charge in [0, 0.05) is 22.2 Å². The molecule has 3 rings (SSSR count). The fourth-order valence-electron chi connectivity index (χ4n) is 2.15. The zero-order valence-corrected chi connectivity index (χ0v) is 10.0. The first kappa shape index (κ1) is 14.6. The van der Waals surface area contributed by atoms with Gasteiger partial charge in [0.05, 0.1) is 11.5 Å². The maximum absolute atomic E-state index is 13.8. The van der Waals surface area contributed by atoms with Gasteiger partial charge in [0.25, 0.3) is 0 Å². The average Bonchev–Trinajstić information content (AvgIpc) is 2.46. The molecule has 0 atom stereocenters. The maximum Gasteiger partial charge on any atom is 0.195 e. The molecule has 8 heteroatoms. The van der Waals surface area contributed by atoms with E-state index in [0.29, 0.717) is 0 Å². The van der Waals surface area contributed by atoms with Gasteiger partial charge in [0.1, 0.15) is 5.82 Å². The summed E-state index contributed by atoms with van der Waals surface area (Å²) < 4.78 is 108. The van der Waals surface area contributed by atoms with Gasteiger partial charge in [-0.3, -0.25) is 0 Å². The molecule has 0 unspecified atom stereocenters. The molecule has 0 amide bonds. The number of rotatable bonds is 0. The lowest BCUT2D eigenvalue weighted by atomic mass is 9.98. The Morgan fingerprint density at radius 3 is 1.59 bits per heavy atom. The van der Waals surface area contributed by atoms with Gasteiger partial charge < -0.3 is 0 Å². The van der Waals surface area contributed by atoms with Gasteiger partial charge in [-0.05, 0) is 0 Å². The summed E-state index contributed by atoms with van der Waals surface area (Å²) in [5, 5.41) is -5.56. The van der Waals surface area contributed by atoms with Crippen LogP contribution in [0.1, 0.15) is 0 Å². The van der Waals surface area contributed by atoms with Crippen LogP contribution in [0.15, 0.2) is 0 Å². The Labute approximate surface area is 116 Å². The van der Waals surface area contributed by atoms with Gasteiger partial charge in [0.2, 0.25) is 0 Å². The van der Waals surface area contributed by atoms with E-state index in [2.05, 4.69) is 0 Å². The number of halogens is 8. The largest absolute Gasteiger partial charge is 0.205 e. The van der Waals surface area contributed by atoms with Crippen molar-refractivity contribution in [2.45, 2.75) is 0 Å². The molecule has 0 aromatic heterocycles. The molecule has 3 aromatic rings. The summed E-state index contributed by atoms with van der Waals surface area (Å²) in [7, 11) is 0. The minimum Gasteiger partial charge on any atom is -0.205 e.